The highest BCUT2D eigenvalue weighted by atomic mass is 16.8. The van der Waals surface area contributed by atoms with Gasteiger partial charge in [-0.05, 0) is 31.1 Å². The maximum atomic E-state index is 11.1. The number of carbonyl (C=O) groups is 1. The van der Waals surface area contributed by atoms with Gasteiger partial charge in [0.2, 0.25) is 0 Å². The van der Waals surface area contributed by atoms with Gasteiger partial charge < -0.3 is 9.47 Å². The smallest absolute Gasteiger partial charge is 0.427 e. The second-order valence-corrected chi connectivity index (χ2v) is 5.59. The summed E-state index contributed by atoms with van der Waals surface area (Å²) < 4.78 is 10.6. The molecule has 82 valence electrons. The van der Waals surface area contributed by atoms with Gasteiger partial charge in [0.15, 0.2) is 0 Å². The Balaban J connectivity index is 1.67. The largest absolute Gasteiger partial charge is 0.509 e. The van der Waals surface area contributed by atoms with Gasteiger partial charge in [0.05, 0.1) is 0 Å². The lowest BCUT2D eigenvalue weighted by Crippen LogP contribution is -2.41. The molecular weight excluding hydrogens is 192 g/mol. The molecule has 1 heterocycles. The van der Waals surface area contributed by atoms with Crippen molar-refractivity contribution in [2.24, 2.45) is 23.7 Å². The standard InChI is InChI=1S/C12H16O3/c13-12-14-10-8-5-9(11(10)15-12)7-4-2-1-3-6(7)8/h6-11H,1-5H2. The van der Waals surface area contributed by atoms with Crippen molar-refractivity contribution in [3.05, 3.63) is 0 Å². The number of fused-ring (bicyclic) bond motifs is 8. The molecule has 1 saturated heterocycles. The van der Waals surface area contributed by atoms with Crippen LogP contribution in [-0.4, -0.2) is 18.4 Å². The molecule has 6 unspecified atom stereocenters. The average molecular weight is 208 g/mol. The van der Waals surface area contributed by atoms with E-state index in [4.69, 9.17) is 9.47 Å². The van der Waals surface area contributed by atoms with Crippen molar-refractivity contribution in [2.75, 3.05) is 0 Å². The van der Waals surface area contributed by atoms with Crippen LogP contribution in [0.2, 0.25) is 0 Å². The monoisotopic (exact) mass is 208 g/mol. The summed E-state index contributed by atoms with van der Waals surface area (Å²) in [5.74, 6) is 2.91. The molecule has 3 aliphatic carbocycles. The molecule has 0 N–H and O–H groups in total. The van der Waals surface area contributed by atoms with Gasteiger partial charge in [0.25, 0.3) is 0 Å². The van der Waals surface area contributed by atoms with Gasteiger partial charge in [-0.2, -0.15) is 0 Å². The van der Waals surface area contributed by atoms with Crippen LogP contribution < -0.4 is 0 Å². The zero-order valence-corrected chi connectivity index (χ0v) is 8.72. The number of hydrogen-bond acceptors (Lipinski definition) is 3. The van der Waals surface area contributed by atoms with E-state index in [0.717, 1.165) is 11.8 Å². The van der Waals surface area contributed by atoms with E-state index >= 15 is 0 Å². The van der Waals surface area contributed by atoms with Crippen LogP contribution in [0.4, 0.5) is 4.79 Å². The Labute approximate surface area is 89.1 Å². The Morgan fingerprint density at radius 1 is 0.867 bits per heavy atom. The fourth-order valence-corrected chi connectivity index (χ4v) is 4.72. The van der Waals surface area contributed by atoms with Crippen LogP contribution >= 0.6 is 0 Å². The van der Waals surface area contributed by atoms with Crippen LogP contribution in [0.25, 0.3) is 0 Å². The predicted molar refractivity (Wildman–Crippen MR) is 52.2 cm³/mol. The summed E-state index contributed by atoms with van der Waals surface area (Å²) in [6.45, 7) is 0. The molecule has 4 rings (SSSR count). The summed E-state index contributed by atoms with van der Waals surface area (Å²) >= 11 is 0. The zero-order chi connectivity index (χ0) is 9.99. The van der Waals surface area contributed by atoms with E-state index in [1.54, 1.807) is 0 Å². The number of hydrogen-bond donors (Lipinski definition) is 0. The Morgan fingerprint density at radius 3 is 1.93 bits per heavy atom. The molecular formula is C12H16O3. The predicted octanol–water partition coefficient (Wildman–Crippen LogP) is 2.35. The molecule has 0 aromatic carbocycles. The highest BCUT2D eigenvalue weighted by Crippen LogP contribution is 2.60. The average Bonchev–Trinajstić information content (AvgIpc) is 2.85. The van der Waals surface area contributed by atoms with Gasteiger partial charge in [0, 0.05) is 11.8 Å². The number of ether oxygens (including phenoxy) is 2. The maximum Gasteiger partial charge on any atom is 0.509 e. The van der Waals surface area contributed by atoms with E-state index in [0.29, 0.717) is 11.8 Å². The summed E-state index contributed by atoms with van der Waals surface area (Å²) in [7, 11) is 0. The van der Waals surface area contributed by atoms with Gasteiger partial charge in [-0.25, -0.2) is 4.79 Å². The minimum atomic E-state index is -0.418. The summed E-state index contributed by atoms with van der Waals surface area (Å²) in [5, 5.41) is 0. The molecule has 3 heteroatoms. The van der Waals surface area contributed by atoms with Crippen molar-refractivity contribution in [3.8, 4) is 0 Å². The molecule has 0 aromatic rings. The Hall–Kier alpha value is -0.730. The molecule has 0 spiro atoms. The molecule has 3 nitrogen and oxygen atoms in total. The van der Waals surface area contributed by atoms with E-state index in [1.807, 2.05) is 0 Å². The van der Waals surface area contributed by atoms with Crippen molar-refractivity contribution in [1.82, 2.24) is 0 Å². The molecule has 6 atom stereocenters. The van der Waals surface area contributed by atoms with Gasteiger partial charge in [0.1, 0.15) is 12.2 Å². The highest BCUT2D eigenvalue weighted by molar-refractivity contribution is 5.63. The summed E-state index contributed by atoms with van der Waals surface area (Å²) in [6.07, 6.45) is 6.51. The fourth-order valence-electron chi connectivity index (χ4n) is 4.72. The maximum absolute atomic E-state index is 11.1. The highest BCUT2D eigenvalue weighted by Gasteiger charge is 2.63. The molecule has 0 radical (unpaired) electrons. The first-order chi connectivity index (χ1) is 7.34. The van der Waals surface area contributed by atoms with Crippen molar-refractivity contribution < 1.29 is 14.3 Å². The van der Waals surface area contributed by atoms with Gasteiger partial charge in [-0.1, -0.05) is 12.8 Å². The molecule has 4 fully saturated rings. The lowest BCUT2D eigenvalue weighted by atomic mass is 9.69. The Kier molecular flexibility index (Phi) is 1.51. The third kappa shape index (κ3) is 0.943. The SMILES string of the molecule is O=C1OC2C3CC(C4CCCCC43)C2O1. The summed E-state index contributed by atoms with van der Waals surface area (Å²) in [4.78, 5) is 11.1. The van der Waals surface area contributed by atoms with Crippen LogP contribution in [-0.2, 0) is 9.47 Å². The van der Waals surface area contributed by atoms with Crippen LogP contribution in [0.5, 0.6) is 0 Å². The molecule has 0 amide bonds. The van der Waals surface area contributed by atoms with Gasteiger partial charge in [-0.3, -0.25) is 0 Å². The molecule has 0 aromatic heterocycles. The summed E-state index contributed by atoms with van der Waals surface area (Å²) in [6, 6.07) is 0. The van der Waals surface area contributed by atoms with E-state index in [1.165, 1.54) is 32.1 Å². The van der Waals surface area contributed by atoms with Crippen LogP contribution in [0.15, 0.2) is 0 Å². The molecule has 3 saturated carbocycles. The lowest BCUT2D eigenvalue weighted by Gasteiger charge is -2.38. The van der Waals surface area contributed by atoms with E-state index in [9.17, 15) is 4.79 Å². The first-order valence-electron chi connectivity index (χ1n) is 6.22. The van der Waals surface area contributed by atoms with Crippen molar-refractivity contribution in [2.45, 2.75) is 44.3 Å². The molecule has 4 aliphatic rings. The molecule has 2 bridgehead atoms. The van der Waals surface area contributed by atoms with Crippen molar-refractivity contribution in [1.29, 1.82) is 0 Å². The topological polar surface area (TPSA) is 35.5 Å². The molecule has 15 heavy (non-hydrogen) atoms. The van der Waals surface area contributed by atoms with Crippen LogP contribution in [0.3, 0.4) is 0 Å². The Bertz CT molecular complexity index is 286. The van der Waals surface area contributed by atoms with Crippen molar-refractivity contribution >= 4 is 6.16 Å². The summed E-state index contributed by atoms with van der Waals surface area (Å²) in [5.41, 5.74) is 0. The quantitative estimate of drug-likeness (QED) is 0.573. The van der Waals surface area contributed by atoms with E-state index < -0.39 is 6.16 Å². The molecule has 1 aliphatic heterocycles. The lowest BCUT2D eigenvalue weighted by molar-refractivity contribution is 0.0137. The van der Waals surface area contributed by atoms with E-state index in [-0.39, 0.29) is 12.2 Å². The van der Waals surface area contributed by atoms with Crippen molar-refractivity contribution in [3.63, 3.8) is 0 Å². The van der Waals surface area contributed by atoms with Gasteiger partial charge >= 0.3 is 6.16 Å². The van der Waals surface area contributed by atoms with Gasteiger partial charge in [-0.15, -0.1) is 0 Å². The number of carbonyl (C=O) groups excluding carboxylic acids is 1. The minimum absolute atomic E-state index is 0.113. The third-order valence-electron chi connectivity index (χ3n) is 5.15. The second-order valence-electron chi connectivity index (χ2n) is 5.59. The first kappa shape index (κ1) is 8.43. The van der Waals surface area contributed by atoms with Crippen LogP contribution in [0.1, 0.15) is 32.1 Å². The van der Waals surface area contributed by atoms with E-state index in [2.05, 4.69) is 0 Å². The fraction of sp³-hybridized carbons (Fsp3) is 0.917. The third-order valence-corrected chi connectivity index (χ3v) is 5.15. The minimum Gasteiger partial charge on any atom is -0.427 e. The Morgan fingerprint density at radius 2 is 1.40 bits per heavy atom. The first-order valence-corrected chi connectivity index (χ1v) is 6.22. The zero-order valence-electron chi connectivity index (χ0n) is 8.72. The second kappa shape index (κ2) is 2.69. The van der Waals surface area contributed by atoms with Crippen LogP contribution in [0, 0.1) is 23.7 Å². The normalized spacial score (nSPS) is 55.9. The number of rotatable bonds is 0.